The van der Waals surface area contributed by atoms with Crippen LogP contribution >= 0.6 is 0 Å². The van der Waals surface area contributed by atoms with Gasteiger partial charge in [0.2, 0.25) is 0 Å². The van der Waals surface area contributed by atoms with Crippen molar-refractivity contribution in [3.63, 3.8) is 0 Å². The van der Waals surface area contributed by atoms with Crippen LogP contribution in [0.3, 0.4) is 0 Å². The van der Waals surface area contributed by atoms with E-state index < -0.39 is 0 Å². The maximum absolute atomic E-state index is 11.9. The van der Waals surface area contributed by atoms with Crippen molar-refractivity contribution in [2.45, 2.75) is 18.6 Å². The molecule has 1 aliphatic heterocycles. The molecule has 54 valence electrons. The van der Waals surface area contributed by atoms with E-state index in [0.717, 1.165) is 13.0 Å². The smallest absolute Gasteiger partial charge is 0.105 e. The molecule has 0 spiro atoms. The minimum absolute atomic E-state index is 0.0370. The molecule has 0 amide bonds. The summed E-state index contributed by atoms with van der Waals surface area (Å²) in [5, 5.41) is 3.01. The molecular formula is C6H12FNO. The predicted octanol–water partition coefficient (Wildman–Crippen LogP) is 0.333. The molecule has 0 unspecified atom stereocenters. The Morgan fingerprint density at radius 1 is 1.78 bits per heavy atom. The van der Waals surface area contributed by atoms with E-state index in [1.165, 1.54) is 0 Å². The van der Waals surface area contributed by atoms with Crippen molar-refractivity contribution in [1.82, 2.24) is 5.32 Å². The fourth-order valence-electron chi connectivity index (χ4n) is 1.08. The Labute approximate surface area is 54.4 Å². The van der Waals surface area contributed by atoms with Gasteiger partial charge in [-0.3, -0.25) is 0 Å². The maximum atomic E-state index is 11.9. The minimum Gasteiger partial charge on any atom is -0.380 e. The van der Waals surface area contributed by atoms with Gasteiger partial charge in [0.25, 0.3) is 0 Å². The van der Waals surface area contributed by atoms with E-state index in [1.807, 2.05) is 0 Å². The number of nitrogens with one attached hydrogen (secondary N) is 1. The van der Waals surface area contributed by atoms with Crippen molar-refractivity contribution in [2.75, 3.05) is 20.3 Å². The number of rotatable bonds is 2. The average molecular weight is 133 g/mol. The molecule has 0 aromatic rings. The van der Waals surface area contributed by atoms with Crippen molar-refractivity contribution in [3.8, 4) is 0 Å². The maximum Gasteiger partial charge on any atom is 0.105 e. The number of methoxy groups -OCH3 is 1. The Balaban J connectivity index is 2.20. The number of alkyl halides is 1. The lowest BCUT2D eigenvalue weighted by Gasteiger charge is -2.03. The zero-order valence-corrected chi connectivity index (χ0v) is 5.56. The monoisotopic (exact) mass is 133 g/mol. The third-order valence-corrected chi connectivity index (χ3v) is 1.70. The Morgan fingerprint density at radius 2 is 2.56 bits per heavy atom. The first kappa shape index (κ1) is 6.96. The molecule has 2 nitrogen and oxygen atoms in total. The summed E-state index contributed by atoms with van der Waals surface area (Å²) in [6, 6.07) is 0.0370. The fourth-order valence-corrected chi connectivity index (χ4v) is 1.08. The van der Waals surface area contributed by atoms with Crippen LogP contribution in [0.2, 0.25) is 0 Å². The summed E-state index contributed by atoms with van der Waals surface area (Å²) >= 11 is 0. The number of hydrogen-bond donors (Lipinski definition) is 1. The molecule has 1 fully saturated rings. The van der Waals surface area contributed by atoms with Crippen molar-refractivity contribution >= 4 is 0 Å². The topological polar surface area (TPSA) is 21.3 Å². The van der Waals surface area contributed by atoms with Crippen LogP contribution in [0.25, 0.3) is 0 Å². The molecule has 1 saturated heterocycles. The van der Waals surface area contributed by atoms with Crippen LogP contribution in [0, 0.1) is 0 Å². The molecule has 0 aromatic heterocycles. The fraction of sp³-hybridized carbons (Fsp3) is 1.00. The van der Waals surface area contributed by atoms with Gasteiger partial charge in [-0.15, -0.1) is 0 Å². The summed E-state index contributed by atoms with van der Waals surface area (Å²) in [4.78, 5) is 0. The van der Waals surface area contributed by atoms with Crippen LogP contribution in [0.4, 0.5) is 4.39 Å². The molecular weight excluding hydrogens is 121 g/mol. The third-order valence-electron chi connectivity index (χ3n) is 1.70. The van der Waals surface area contributed by atoms with Crippen LogP contribution in [0.15, 0.2) is 0 Å². The van der Waals surface area contributed by atoms with Crippen molar-refractivity contribution in [2.24, 2.45) is 0 Å². The predicted molar refractivity (Wildman–Crippen MR) is 33.2 cm³/mol. The lowest BCUT2D eigenvalue weighted by Crippen LogP contribution is -2.23. The Hall–Kier alpha value is -0.150. The Kier molecular flexibility index (Phi) is 2.42. The molecule has 0 aliphatic carbocycles. The normalized spacial score (nSPS) is 35.3. The van der Waals surface area contributed by atoms with E-state index in [0.29, 0.717) is 0 Å². The van der Waals surface area contributed by atoms with Gasteiger partial charge in [-0.25, -0.2) is 4.39 Å². The van der Waals surface area contributed by atoms with Gasteiger partial charge < -0.3 is 10.1 Å². The summed E-state index contributed by atoms with van der Waals surface area (Å²) < 4.78 is 16.9. The summed E-state index contributed by atoms with van der Waals surface area (Å²) in [5.74, 6) is 0. The van der Waals surface area contributed by atoms with Gasteiger partial charge in [0.05, 0.1) is 6.10 Å². The van der Waals surface area contributed by atoms with Crippen LogP contribution < -0.4 is 5.32 Å². The highest BCUT2D eigenvalue weighted by molar-refractivity contribution is 4.81. The second kappa shape index (κ2) is 3.13. The molecule has 0 saturated carbocycles. The van der Waals surface area contributed by atoms with E-state index in [1.54, 1.807) is 7.11 Å². The van der Waals surface area contributed by atoms with Crippen LogP contribution in [0.5, 0.6) is 0 Å². The third kappa shape index (κ3) is 1.63. The van der Waals surface area contributed by atoms with Crippen LogP contribution in [-0.2, 0) is 4.74 Å². The summed E-state index contributed by atoms with van der Waals surface area (Å²) in [7, 11) is 1.66. The second-order valence-corrected chi connectivity index (χ2v) is 2.35. The number of ether oxygens (including phenoxy) is 1. The zero-order chi connectivity index (χ0) is 6.69. The quantitative estimate of drug-likeness (QED) is 0.586. The molecule has 0 aromatic carbocycles. The first-order chi connectivity index (χ1) is 4.36. The van der Waals surface area contributed by atoms with Crippen LogP contribution in [-0.4, -0.2) is 32.5 Å². The number of hydrogen-bond acceptors (Lipinski definition) is 2. The van der Waals surface area contributed by atoms with Gasteiger partial charge in [-0.05, 0) is 6.42 Å². The van der Waals surface area contributed by atoms with Gasteiger partial charge in [0.15, 0.2) is 0 Å². The van der Waals surface area contributed by atoms with Crippen molar-refractivity contribution < 1.29 is 9.13 Å². The van der Waals surface area contributed by atoms with Gasteiger partial charge in [-0.2, -0.15) is 0 Å². The van der Waals surface area contributed by atoms with Gasteiger partial charge >= 0.3 is 0 Å². The second-order valence-electron chi connectivity index (χ2n) is 2.35. The molecule has 1 rings (SSSR count). The standard InChI is InChI=1S/C6H12FNO/c1-9-6-2-5(3-7)8-4-6/h5-6,8H,2-4H2,1H3/t5-,6-/m1/s1. The highest BCUT2D eigenvalue weighted by atomic mass is 19.1. The van der Waals surface area contributed by atoms with E-state index in [9.17, 15) is 4.39 Å². The van der Waals surface area contributed by atoms with Crippen molar-refractivity contribution in [1.29, 1.82) is 0 Å². The summed E-state index contributed by atoms with van der Waals surface area (Å²) in [6.45, 7) is 0.519. The van der Waals surface area contributed by atoms with E-state index in [4.69, 9.17) is 4.74 Å². The molecule has 2 atom stereocenters. The molecule has 1 aliphatic rings. The lowest BCUT2D eigenvalue weighted by atomic mass is 10.2. The first-order valence-electron chi connectivity index (χ1n) is 3.19. The van der Waals surface area contributed by atoms with Gasteiger partial charge in [-0.1, -0.05) is 0 Å². The largest absolute Gasteiger partial charge is 0.380 e. The lowest BCUT2D eigenvalue weighted by molar-refractivity contribution is 0.116. The summed E-state index contributed by atoms with van der Waals surface area (Å²) in [6.07, 6.45) is 1.04. The zero-order valence-electron chi connectivity index (χ0n) is 5.56. The summed E-state index contributed by atoms with van der Waals surface area (Å²) in [5.41, 5.74) is 0. The molecule has 3 heteroatoms. The van der Waals surface area contributed by atoms with E-state index in [-0.39, 0.29) is 18.8 Å². The molecule has 1 heterocycles. The average Bonchev–Trinajstić information content (AvgIpc) is 2.34. The SMILES string of the molecule is CO[C@H]1CN[C@@H](CF)C1. The Bertz CT molecular complexity index is 79.1. The highest BCUT2D eigenvalue weighted by Gasteiger charge is 2.22. The Morgan fingerprint density at radius 3 is 2.89 bits per heavy atom. The minimum atomic E-state index is -0.278. The van der Waals surface area contributed by atoms with Crippen LogP contribution in [0.1, 0.15) is 6.42 Å². The molecule has 0 radical (unpaired) electrons. The van der Waals surface area contributed by atoms with Crippen molar-refractivity contribution in [3.05, 3.63) is 0 Å². The van der Waals surface area contributed by atoms with Gasteiger partial charge in [0.1, 0.15) is 6.67 Å². The van der Waals surface area contributed by atoms with E-state index in [2.05, 4.69) is 5.32 Å². The molecule has 0 bridgehead atoms. The van der Waals surface area contributed by atoms with E-state index >= 15 is 0 Å². The highest BCUT2D eigenvalue weighted by Crippen LogP contribution is 2.08. The molecule has 9 heavy (non-hydrogen) atoms. The first-order valence-corrected chi connectivity index (χ1v) is 3.19. The molecule has 1 N–H and O–H groups in total. The number of halogens is 1. The van der Waals surface area contributed by atoms with Gasteiger partial charge in [0, 0.05) is 19.7 Å².